The quantitative estimate of drug-likeness (QED) is 0.00913. The van der Waals surface area contributed by atoms with Crippen LogP contribution in [0.2, 0.25) is 0 Å². The number of hydrogen-bond donors (Lipinski definition) is 31. The average molecular weight is 2110 g/mol. The first kappa shape index (κ1) is 117. The van der Waals surface area contributed by atoms with Crippen LogP contribution in [-0.4, -0.2) is 323 Å². The molecule has 38 N–H and O–H groups in total. The lowest BCUT2D eigenvalue weighted by molar-refractivity contribution is -0.148. The number of phenols is 2. The predicted molar refractivity (Wildman–Crippen MR) is 551 cm³/mol. The van der Waals surface area contributed by atoms with E-state index in [-0.39, 0.29) is 192 Å². The topological polar surface area (TPSA) is 852 Å². The molecule has 9 rings (SSSR count). The van der Waals surface area contributed by atoms with Crippen LogP contribution in [0.3, 0.4) is 0 Å². The number of nitrogens with two attached hydrogens (primary N) is 7. The van der Waals surface area contributed by atoms with Crippen LogP contribution in [0.25, 0.3) is 10.8 Å². The van der Waals surface area contributed by atoms with Crippen LogP contribution in [0.5, 0.6) is 11.5 Å². The number of carbonyl (C=O) groups excluding carboxylic acids is 18. The molecule has 4 aromatic carbocycles. The largest absolute Gasteiger partial charge is 0.508 e. The van der Waals surface area contributed by atoms with Crippen molar-refractivity contribution in [3.63, 3.8) is 0 Å². The molecule has 149 heavy (non-hydrogen) atoms. The van der Waals surface area contributed by atoms with E-state index in [4.69, 9.17) is 61.8 Å². The summed E-state index contributed by atoms with van der Waals surface area (Å²) in [5, 5.41) is 102. The standard InChI is InChI=1S/C95H140N32O20S2/c96-36-4-3-15-65-89(145)127-44-12-23-73(127)90(146)126-43-11-22-72(126)88(144)122-67(47-53-27-32-58(129)33-28-53)83(139)116-60(17-6-38-108-92(100)101)77(133)115-62(20-9-41-111-95(106)147)80(136)123-69-50-148-149-51-70(86(142)121-66(46-52-25-30-57(128)31-26-52)82(138)117-64(81(137)119-65)34-35-74(97)130)124-84(140)68(48-54-24-29-55-13-1-2-14-56(55)45-54)120-79(135)61(18-7-39-109-93(102)103)114-78(134)63(19-8-40-110-94(104)105)118-87(143)71-21-10-42-125(71)75(131)49-112-76(132)59(113-85(69)141)16-5-37-107-91(98)99/h1-2,13-14,24-33,45,59-73,128-129H,3-12,15-23,34-44,46-51,96H2,(H2,97,130)(H,112,132)(H,113,141)(H,114,134)(H,115,133)(H,116,139)(H,117,138)(H,118,143)(H,119,137)(H,120,135)(H,121,142)(H,122,144)(H,123,136)(H,124,140)(H4,98,99,107)(H4,100,101,108)(H4,102,103,109)(H4,104,105,110)(H3,106,111,147)/t59-,60-,61-,62-,63-,64-,65-,66-,67-,68-,69-,70-,71+,72-,73+/m0/s1. The molecule has 52 nitrogen and oxygen atoms in total. The Morgan fingerprint density at radius 2 is 0.671 bits per heavy atom. The number of nitrogens with one attached hydrogen (secondary N) is 22. The van der Waals surface area contributed by atoms with Gasteiger partial charge in [0.05, 0.1) is 6.54 Å². The van der Waals surface area contributed by atoms with Crippen molar-refractivity contribution in [1.82, 2.24) is 110 Å². The van der Waals surface area contributed by atoms with Crippen molar-refractivity contribution in [3.05, 3.63) is 108 Å². The van der Waals surface area contributed by atoms with E-state index in [1.807, 2.05) is 6.07 Å². The average Bonchev–Trinajstić information content (AvgIpc) is 1.67. The predicted octanol–water partition coefficient (Wildman–Crippen LogP) is -6.51. The fourth-order valence-corrected chi connectivity index (χ4v) is 20.1. The zero-order valence-electron chi connectivity index (χ0n) is 82.7. The van der Waals surface area contributed by atoms with Gasteiger partial charge in [-0.15, -0.1) is 0 Å². The molecule has 19 amide bonds. The van der Waals surface area contributed by atoms with Crippen LogP contribution >= 0.6 is 21.6 Å². The molecule has 2 bridgehead atoms. The molecule has 4 aromatic rings. The van der Waals surface area contributed by atoms with Crippen LogP contribution in [0.1, 0.15) is 152 Å². The third-order valence-electron chi connectivity index (χ3n) is 25.6. The van der Waals surface area contributed by atoms with Crippen molar-refractivity contribution >= 4 is 163 Å². The van der Waals surface area contributed by atoms with E-state index in [0.29, 0.717) is 22.9 Å². The number of amides is 19. The Morgan fingerprint density at radius 1 is 0.342 bits per heavy atom. The first-order valence-electron chi connectivity index (χ1n) is 49.7. The third-order valence-corrected chi connectivity index (χ3v) is 28.0. The lowest BCUT2D eigenvalue weighted by atomic mass is 10.00. The maximum Gasteiger partial charge on any atom is 0.312 e. The lowest BCUT2D eigenvalue weighted by Gasteiger charge is -2.34. The minimum Gasteiger partial charge on any atom is -0.508 e. The van der Waals surface area contributed by atoms with Crippen molar-refractivity contribution in [2.75, 3.05) is 77.0 Å². The van der Waals surface area contributed by atoms with Gasteiger partial charge in [-0.3, -0.25) is 103 Å². The molecule has 54 heteroatoms. The molecule has 5 aliphatic heterocycles. The fourth-order valence-electron chi connectivity index (χ4n) is 17.8. The van der Waals surface area contributed by atoms with Gasteiger partial charge in [0.1, 0.15) is 102 Å². The van der Waals surface area contributed by atoms with Crippen LogP contribution in [0.4, 0.5) is 4.79 Å². The second-order valence-corrected chi connectivity index (χ2v) is 39.5. The second kappa shape index (κ2) is 59.5. The van der Waals surface area contributed by atoms with Gasteiger partial charge in [-0.25, -0.2) is 4.79 Å². The molecule has 0 spiro atoms. The Balaban J connectivity index is 1.24. The zero-order valence-corrected chi connectivity index (χ0v) is 84.4. The van der Waals surface area contributed by atoms with E-state index < -0.39 is 271 Å². The Labute approximate surface area is 867 Å². The summed E-state index contributed by atoms with van der Waals surface area (Å²) in [6.45, 7) is -1.34. The maximum absolute atomic E-state index is 16.1. The molecule has 0 aromatic heterocycles. The number of aromatic hydroxyl groups is 2. The Bertz CT molecular complexity index is 5420. The molecule has 0 radical (unpaired) electrons. The summed E-state index contributed by atoms with van der Waals surface area (Å²) in [6, 6.07) is -2.53. The first-order valence-corrected chi connectivity index (χ1v) is 52.2. The van der Waals surface area contributed by atoms with Gasteiger partial charge >= 0.3 is 6.03 Å². The zero-order chi connectivity index (χ0) is 108. The summed E-state index contributed by atoms with van der Waals surface area (Å²) in [5.41, 5.74) is 41.0. The van der Waals surface area contributed by atoms with Gasteiger partial charge in [-0.1, -0.05) is 88.3 Å². The number of guanidine groups is 4. The molecule has 5 saturated heterocycles. The Kier molecular flexibility index (Phi) is 46.9. The summed E-state index contributed by atoms with van der Waals surface area (Å²) >= 11 is 0. The van der Waals surface area contributed by atoms with Gasteiger partial charge in [-0.05, 0) is 187 Å². The molecule has 5 heterocycles. The molecule has 0 unspecified atom stereocenters. The van der Waals surface area contributed by atoms with Gasteiger partial charge in [0.2, 0.25) is 100 Å². The highest BCUT2D eigenvalue weighted by molar-refractivity contribution is 8.76. The fraction of sp³-hybridized carbons (Fsp3) is 0.537. The smallest absolute Gasteiger partial charge is 0.312 e. The first-order chi connectivity index (χ1) is 71.2. The number of nitrogens with zero attached hydrogens (tertiary/aromatic N) is 3. The summed E-state index contributed by atoms with van der Waals surface area (Å²) < 4.78 is 0. The van der Waals surface area contributed by atoms with Crippen LogP contribution in [0, 0.1) is 21.6 Å². The Morgan fingerprint density at radius 3 is 1.11 bits per heavy atom. The van der Waals surface area contributed by atoms with Crippen molar-refractivity contribution < 1.29 is 96.5 Å². The summed E-state index contributed by atoms with van der Waals surface area (Å²) in [7, 11) is 1.47. The van der Waals surface area contributed by atoms with Crippen LogP contribution in [0.15, 0.2) is 91.0 Å². The highest BCUT2D eigenvalue weighted by Crippen LogP contribution is 2.30. The molecule has 812 valence electrons. The number of fused-ring (bicyclic) bond motifs is 9. The summed E-state index contributed by atoms with van der Waals surface area (Å²) in [5.74, 6) is -20.5. The van der Waals surface area contributed by atoms with E-state index >= 15 is 62.3 Å². The van der Waals surface area contributed by atoms with Gasteiger partial charge < -0.3 is 161 Å². The number of unbranched alkanes of at least 4 members (excludes halogenated alkanes) is 1. The van der Waals surface area contributed by atoms with Gasteiger partial charge in [0.25, 0.3) is 0 Å². The van der Waals surface area contributed by atoms with Crippen LogP contribution in [-0.2, 0) is 101 Å². The van der Waals surface area contributed by atoms with E-state index in [9.17, 15) is 34.2 Å². The van der Waals surface area contributed by atoms with E-state index in [1.54, 1.807) is 36.4 Å². The number of primary amides is 2. The highest BCUT2D eigenvalue weighted by Gasteiger charge is 2.47. The number of phenolic OH excluding ortho intramolecular Hbond substituents is 2. The molecular weight excluding hydrogens is 1970 g/mol. The third kappa shape index (κ3) is 38.2. The molecule has 15 atom stereocenters. The second-order valence-electron chi connectivity index (χ2n) is 36.9. The van der Waals surface area contributed by atoms with Crippen molar-refractivity contribution in [3.8, 4) is 11.5 Å². The van der Waals surface area contributed by atoms with Gasteiger partial charge in [0, 0.05) is 89.5 Å². The normalized spacial score (nSPS) is 24.1. The molecule has 5 fully saturated rings. The van der Waals surface area contributed by atoms with Crippen molar-refractivity contribution in [2.45, 2.75) is 245 Å². The Hall–Kier alpha value is -15.3. The van der Waals surface area contributed by atoms with E-state index in [2.05, 4.69) is 95.7 Å². The highest BCUT2D eigenvalue weighted by atomic mass is 33.1. The number of hydrogen-bond acceptors (Lipinski definition) is 27. The monoisotopic (exact) mass is 2110 g/mol. The molecule has 0 saturated carbocycles. The lowest BCUT2D eigenvalue weighted by Crippen LogP contribution is -2.61. The van der Waals surface area contributed by atoms with E-state index in [1.165, 1.54) is 58.3 Å². The number of urea groups is 1. The minimum absolute atomic E-state index is 0.0182. The summed E-state index contributed by atoms with van der Waals surface area (Å²) in [6.07, 6.45) is -2.96. The number of rotatable bonds is 33. The minimum atomic E-state index is -1.95. The van der Waals surface area contributed by atoms with Crippen molar-refractivity contribution in [2.24, 2.45) is 40.1 Å². The molecule has 0 aliphatic carbocycles. The maximum atomic E-state index is 16.1. The van der Waals surface area contributed by atoms with Crippen molar-refractivity contribution in [1.29, 1.82) is 21.6 Å². The number of benzene rings is 4. The molecule has 5 aliphatic rings. The van der Waals surface area contributed by atoms with Gasteiger partial charge in [0.15, 0.2) is 23.8 Å². The SMILES string of the molecule is N=C(N)NCCC[C@@H]1NC(=O)[C@@H]2CSSC[C@H](NC(=O)[C@H](Cc3ccc4ccccc4c3)NC(=O)[C@H](CCCNC(=N)N)NC(=O)[C@H](CCCNC(=N)N)NC(=O)[C@H]3CCCN3C(=O)CNC1=O)C(=O)N[C@@H](Cc1ccc(O)cc1)C(=O)N[C@@H](CCC(N)=O)C(=O)N[C@@H](CCCCN)C(=O)N1CCC[C@@H]1C(=O)N1CCC[C@H]1C(=O)N[C@@H](Cc1ccc(O)cc1)C(=O)N[C@@H](CCCNC(=N)N)C(=O)N[C@@H](CCCNC(N)=O)C(=O)N2. The summed E-state index contributed by atoms with van der Waals surface area (Å²) in [4.78, 5) is 276. The molecular formula is C95H140N32O20S2. The van der Waals surface area contributed by atoms with E-state index in [0.717, 1.165) is 31.9 Å². The van der Waals surface area contributed by atoms with Crippen LogP contribution < -0.4 is 136 Å². The number of carbonyl (C=O) groups is 18. The van der Waals surface area contributed by atoms with Gasteiger partial charge in [-0.2, -0.15) is 0 Å².